The van der Waals surface area contributed by atoms with E-state index in [1.165, 1.54) is 0 Å². The van der Waals surface area contributed by atoms with Crippen LogP contribution >= 0.6 is 11.6 Å². The molecule has 2 aromatic rings. The van der Waals surface area contributed by atoms with Crippen molar-refractivity contribution in [2.24, 2.45) is 0 Å². The first kappa shape index (κ1) is 12.9. The highest BCUT2D eigenvalue weighted by Gasteiger charge is 2.14. The molecular weight excluding hydrogens is 250 g/mol. The van der Waals surface area contributed by atoms with E-state index < -0.39 is 6.10 Å². The fourth-order valence-electron chi connectivity index (χ4n) is 1.79. The lowest BCUT2D eigenvalue weighted by Crippen LogP contribution is -2.02. The van der Waals surface area contributed by atoms with Gasteiger partial charge in [0.05, 0.1) is 12.1 Å². The molecule has 2 rings (SSSR count). The summed E-state index contributed by atoms with van der Waals surface area (Å²) < 4.78 is 5.08. The molecule has 1 aromatic carbocycles. The van der Waals surface area contributed by atoms with E-state index in [0.717, 1.165) is 16.7 Å². The second-order valence-electron chi connectivity index (χ2n) is 4.03. The molecule has 1 aromatic heterocycles. The summed E-state index contributed by atoms with van der Waals surface area (Å²) in [6, 6.07) is 7.11. The van der Waals surface area contributed by atoms with Gasteiger partial charge in [-0.15, -0.1) is 0 Å². The molecule has 1 atom stereocenters. The predicted molar refractivity (Wildman–Crippen MR) is 71.0 cm³/mol. The lowest BCUT2D eigenvalue weighted by Gasteiger charge is -2.14. The maximum absolute atomic E-state index is 10.3. The number of methoxy groups -OCH3 is 1. The summed E-state index contributed by atoms with van der Waals surface area (Å²) >= 11 is 6.05. The molecule has 0 spiro atoms. The topological polar surface area (TPSA) is 42.4 Å². The third kappa shape index (κ3) is 2.47. The molecule has 0 radical (unpaired) electrons. The second kappa shape index (κ2) is 5.38. The number of hydrogen-bond donors (Lipinski definition) is 1. The van der Waals surface area contributed by atoms with Crippen molar-refractivity contribution in [2.45, 2.75) is 13.0 Å². The predicted octanol–water partition coefficient (Wildman–Crippen LogP) is 3.13. The average Bonchev–Trinajstić information content (AvgIpc) is 2.38. The molecule has 0 amide bonds. The zero-order valence-electron chi connectivity index (χ0n) is 10.2. The summed E-state index contributed by atoms with van der Waals surface area (Å²) in [6.45, 7) is 1.94. The summed E-state index contributed by atoms with van der Waals surface area (Å²) in [5.74, 6) is 0.593. The van der Waals surface area contributed by atoms with Gasteiger partial charge in [-0.1, -0.05) is 17.7 Å². The Hall–Kier alpha value is -1.58. The second-order valence-corrected chi connectivity index (χ2v) is 4.44. The van der Waals surface area contributed by atoms with Crippen LogP contribution in [-0.4, -0.2) is 17.2 Å². The molecular formula is C14H14ClNO2. The van der Waals surface area contributed by atoms with Crippen LogP contribution in [0.4, 0.5) is 0 Å². The number of rotatable bonds is 3. The highest BCUT2D eigenvalue weighted by molar-refractivity contribution is 6.32. The highest BCUT2D eigenvalue weighted by Crippen LogP contribution is 2.30. The number of hydrogen-bond acceptors (Lipinski definition) is 3. The number of nitrogens with zero attached hydrogens (tertiary/aromatic N) is 1. The maximum atomic E-state index is 10.3. The van der Waals surface area contributed by atoms with Gasteiger partial charge >= 0.3 is 0 Å². The van der Waals surface area contributed by atoms with Crippen molar-refractivity contribution in [1.29, 1.82) is 0 Å². The molecule has 3 nitrogen and oxygen atoms in total. The number of ether oxygens (including phenoxy) is 1. The number of aliphatic hydroxyl groups excluding tert-OH is 1. The van der Waals surface area contributed by atoms with Gasteiger partial charge < -0.3 is 9.84 Å². The number of aryl methyl sites for hydroxylation is 1. The third-order valence-electron chi connectivity index (χ3n) is 2.87. The van der Waals surface area contributed by atoms with Crippen molar-refractivity contribution in [1.82, 2.24) is 4.98 Å². The Kier molecular flexibility index (Phi) is 3.84. The largest absolute Gasteiger partial charge is 0.495 e. The van der Waals surface area contributed by atoms with Crippen LogP contribution in [0.5, 0.6) is 5.75 Å². The quantitative estimate of drug-likeness (QED) is 0.925. The van der Waals surface area contributed by atoms with E-state index in [9.17, 15) is 5.11 Å². The Morgan fingerprint density at radius 3 is 2.72 bits per heavy atom. The summed E-state index contributed by atoms with van der Waals surface area (Å²) in [7, 11) is 1.56. The highest BCUT2D eigenvalue weighted by atomic mass is 35.5. The van der Waals surface area contributed by atoms with Crippen molar-refractivity contribution >= 4 is 11.6 Å². The molecule has 1 N–H and O–H groups in total. The minimum absolute atomic E-state index is 0.482. The van der Waals surface area contributed by atoms with Gasteiger partial charge in [-0.25, -0.2) is 0 Å². The van der Waals surface area contributed by atoms with Crippen LogP contribution in [0.15, 0.2) is 36.7 Å². The monoisotopic (exact) mass is 263 g/mol. The number of pyridine rings is 1. The average molecular weight is 264 g/mol. The van der Waals surface area contributed by atoms with Crippen molar-refractivity contribution in [3.05, 3.63) is 58.4 Å². The fraction of sp³-hybridized carbons (Fsp3) is 0.214. The molecule has 0 aliphatic rings. The number of benzene rings is 1. The van der Waals surface area contributed by atoms with Gasteiger partial charge in [-0.05, 0) is 36.2 Å². The molecule has 18 heavy (non-hydrogen) atoms. The van der Waals surface area contributed by atoms with Crippen LogP contribution < -0.4 is 4.74 Å². The lowest BCUT2D eigenvalue weighted by molar-refractivity contribution is 0.219. The SMILES string of the molecule is COc1ccc(C(O)c2cnccc2C)cc1Cl. The molecule has 0 bridgehead atoms. The summed E-state index contributed by atoms with van der Waals surface area (Å²) in [5.41, 5.74) is 2.49. The Bertz CT molecular complexity index is 557. The van der Waals surface area contributed by atoms with E-state index in [0.29, 0.717) is 10.8 Å². The standard InChI is InChI=1S/C14H14ClNO2/c1-9-5-6-16-8-11(9)14(17)10-3-4-13(18-2)12(15)7-10/h3-8,14,17H,1-2H3. The van der Waals surface area contributed by atoms with E-state index >= 15 is 0 Å². The van der Waals surface area contributed by atoms with E-state index in [-0.39, 0.29) is 0 Å². The first-order valence-electron chi connectivity index (χ1n) is 5.55. The molecule has 0 saturated carbocycles. The Labute approximate surface area is 111 Å². The van der Waals surface area contributed by atoms with E-state index in [1.54, 1.807) is 37.7 Å². The van der Waals surface area contributed by atoms with Gasteiger partial charge in [-0.3, -0.25) is 4.98 Å². The Morgan fingerprint density at radius 1 is 1.33 bits per heavy atom. The van der Waals surface area contributed by atoms with Crippen molar-refractivity contribution in [3.63, 3.8) is 0 Å². The number of halogens is 1. The normalized spacial score (nSPS) is 12.2. The van der Waals surface area contributed by atoms with Crippen molar-refractivity contribution in [3.8, 4) is 5.75 Å². The molecule has 94 valence electrons. The zero-order chi connectivity index (χ0) is 13.1. The third-order valence-corrected chi connectivity index (χ3v) is 3.16. The molecule has 1 heterocycles. The minimum Gasteiger partial charge on any atom is -0.495 e. The van der Waals surface area contributed by atoms with Crippen molar-refractivity contribution < 1.29 is 9.84 Å². The van der Waals surface area contributed by atoms with Crippen LogP contribution in [0.1, 0.15) is 22.8 Å². The van der Waals surface area contributed by atoms with Gasteiger partial charge in [-0.2, -0.15) is 0 Å². The molecule has 0 aliphatic heterocycles. The molecule has 0 aliphatic carbocycles. The minimum atomic E-state index is -0.734. The van der Waals surface area contributed by atoms with Crippen LogP contribution in [0.2, 0.25) is 5.02 Å². The smallest absolute Gasteiger partial charge is 0.137 e. The van der Waals surface area contributed by atoms with Crippen LogP contribution in [-0.2, 0) is 0 Å². The van der Waals surface area contributed by atoms with Gasteiger partial charge in [0.15, 0.2) is 0 Å². The van der Waals surface area contributed by atoms with E-state index in [4.69, 9.17) is 16.3 Å². The molecule has 1 unspecified atom stereocenters. The van der Waals surface area contributed by atoms with E-state index in [2.05, 4.69) is 4.98 Å². The first-order valence-corrected chi connectivity index (χ1v) is 5.93. The van der Waals surface area contributed by atoms with Crippen LogP contribution in [0, 0.1) is 6.92 Å². The summed E-state index contributed by atoms with van der Waals surface area (Å²) in [4.78, 5) is 4.03. The number of aliphatic hydroxyl groups is 1. The van der Waals surface area contributed by atoms with Gasteiger partial charge in [0.2, 0.25) is 0 Å². The van der Waals surface area contributed by atoms with Crippen molar-refractivity contribution in [2.75, 3.05) is 7.11 Å². The van der Waals surface area contributed by atoms with Crippen LogP contribution in [0.25, 0.3) is 0 Å². The van der Waals surface area contributed by atoms with Gasteiger partial charge in [0.25, 0.3) is 0 Å². The van der Waals surface area contributed by atoms with Crippen LogP contribution in [0.3, 0.4) is 0 Å². The summed E-state index contributed by atoms with van der Waals surface area (Å²) in [6.07, 6.45) is 2.63. The maximum Gasteiger partial charge on any atom is 0.137 e. The molecule has 0 fully saturated rings. The molecule has 4 heteroatoms. The lowest BCUT2D eigenvalue weighted by atomic mass is 9.99. The van der Waals surface area contributed by atoms with Gasteiger partial charge in [0, 0.05) is 18.0 Å². The van der Waals surface area contributed by atoms with Gasteiger partial charge in [0.1, 0.15) is 11.9 Å². The Balaban J connectivity index is 2.37. The number of aromatic nitrogens is 1. The molecule has 0 saturated heterocycles. The Morgan fingerprint density at radius 2 is 2.11 bits per heavy atom. The van der Waals surface area contributed by atoms with E-state index in [1.807, 2.05) is 13.0 Å². The zero-order valence-corrected chi connectivity index (χ0v) is 11.0. The summed E-state index contributed by atoms with van der Waals surface area (Å²) in [5, 5.41) is 10.8. The fourth-order valence-corrected chi connectivity index (χ4v) is 2.06. The first-order chi connectivity index (χ1) is 8.63.